The van der Waals surface area contributed by atoms with E-state index in [-0.39, 0.29) is 6.29 Å². The molecule has 0 saturated carbocycles. The first-order valence-electron chi connectivity index (χ1n) is 7.31. The normalized spacial score (nSPS) is 13.1. The summed E-state index contributed by atoms with van der Waals surface area (Å²) < 4.78 is 11.1. The average molecular weight is 285 g/mol. The number of rotatable bonds is 11. The lowest BCUT2D eigenvalue weighted by Gasteiger charge is -2.20. The van der Waals surface area contributed by atoms with Gasteiger partial charge in [0, 0.05) is 37.1 Å². The molecule has 1 N–H and O–H groups in total. The highest BCUT2D eigenvalue weighted by molar-refractivity contribution is 7.10. The van der Waals surface area contributed by atoms with Crippen LogP contribution >= 0.6 is 11.3 Å². The molecule has 1 rings (SSSR count). The summed E-state index contributed by atoms with van der Waals surface area (Å²) in [5.41, 5.74) is 0. The number of hydrogen-bond acceptors (Lipinski definition) is 4. The Labute approximate surface area is 121 Å². The van der Waals surface area contributed by atoms with Gasteiger partial charge in [0.2, 0.25) is 0 Å². The van der Waals surface area contributed by atoms with Crippen LogP contribution in [0, 0.1) is 0 Å². The Balaban J connectivity index is 2.35. The lowest BCUT2D eigenvalue weighted by molar-refractivity contribution is -0.138. The van der Waals surface area contributed by atoms with E-state index in [1.807, 2.05) is 25.2 Å². The molecule has 0 fully saturated rings. The maximum absolute atomic E-state index is 5.56. The molecule has 0 aliphatic carbocycles. The van der Waals surface area contributed by atoms with E-state index in [4.69, 9.17) is 9.47 Å². The van der Waals surface area contributed by atoms with Crippen LogP contribution in [-0.2, 0) is 9.47 Å². The zero-order valence-corrected chi connectivity index (χ0v) is 13.2. The van der Waals surface area contributed by atoms with Crippen molar-refractivity contribution in [2.45, 2.75) is 52.4 Å². The Morgan fingerprint density at radius 2 is 1.89 bits per heavy atom. The summed E-state index contributed by atoms with van der Waals surface area (Å²) in [5, 5.41) is 5.76. The molecule has 1 heterocycles. The second-order valence-electron chi connectivity index (χ2n) is 4.44. The van der Waals surface area contributed by atoms with Gasteiger partial charge in [-0.1, -0.05) is 19.4 Å². The molecule has 19 heavy (non-hydrogen) atoms. The van der Waals surface area contributed by atoms with E-state index < -0.39 is 0 Å². The Kier molecular flexibility index (Phi) is 9.08. The molecule has 0 saturated heterocycles. The largest absolute Gasteiger partial charge is 0.353 e. The van der Waals surface area contributed by atoms with Crippen molar-refractivity contribution < 1.29 is 9.47 Å². The third kappa shape index (κ3) is 6.52. The molecule has 1 atom stereocenters. The van der Waals surface area contributed by atoms with Gasteiger partial charge >= 0.3 is 0 Å². The summed E-state index contributed by atoms with van der Waals surface area (Å²) in [6.07, 6.45) is 3.19. The predicted molar refractivity (Wildman–Crippen MR) is 81.6 cm³/mol. The Morgan fingerprint density at radius 3 is 2.42 bits per heavy atom. The van der Waals surface area contributed by atoms with E-state index >= 15 is 0 Å². The first-order chi connectivity index (χ1) is 9.31. The van der Waals surface area contributed by atoms with Gasteiger partial charge in [-0.05, 0) is 31.7 Å². The third-order valence-corrected chi connectivity index (χ3v) is 3.93. The maximum atomic E-state index is 5.56. The Bertz CT molecular complexity index is 297. The molecule has 0 spiro atoms. The number of hydrogen-bond donors (Lipinski definition) is 1. The van der Waals surface area contributed by atoms with Crippen LogP contribution in [0.3, 0.4) is 0 Å². The summed E-state index contributed by atoms with van der Waals surface area (Å²) in [7, 11) is 0. The molecule has 1 aromatic heterocycles. The smallest absolute Gasteiger partial charge is 0.158 e. The molecule has 0 amide bonds. The van der Waals surface area contributed by atoms with E-state index in [9.17, 15) is 0 Å². The molecule has 110 valence electrons. The molecule has 0 aromatic carbocycles. The van der Waals surface area contributed by atoms with Gasteiger partial charge in [0.15, 0.2) is 6.29 Å². The molecule has 0 radical (unpaired) electrons. The van der Waals surface area contributed by atoms with Gasteiger partial charge in [0.05, 0.1) is 0 Å². The zero-order valence-electron chi connectivity index (χ0n) is 12.4. The molecular formula is C15H27NO2S. The predicted octanol–water partition coefficient (Wildman–Crippen LogP) is 3.97. The summed E-state index contributed by atoms with van der Waals surface area (Å²) >= 11 is 1.83. The van der Waals surface area contributed by atoms with Crippen LogP contribution in [0.1, 0.15) is 51.0 Å². The van der Waals surface area contributed by atoms with Gasteiger partial charge < -0.3 is 14.8 Å². The van der Waals surface area contributed by atoms with Crippen LogP contribution < -0.4 is 5.32 Å². The number of thiophene rings is 1. The van der Waals surface area contributed by atoms with E-state index in [2.05, 4.69) is 29.8 Å². The topological polar surface area (TPSA) is 30.5 Å². The molecule has 0 bridgehead atoms. The Morgan fingerprint density at radius 1 is 1.16 bits per heavy atom. The molecule has 0 aliphatic rings. The van der Waals surface area contributed by atoms with Crippen molar-refractivity contribution in [3.63, 3.8) is 0 Å². The van der Waals surface area contributed by atoms with Crippen LogP contribution in [0.15, 0.2) is 17.5 Å². The SMILES string of the molecule is CCCC(NCCC(OCC)OCC)c1cccs1. The molecule has 1 aromatic rings. The summed E-state index contributed by atoms with van der Waals surface area (Å²) in [5.74, 6) is 0. The van der Waals surface area contributed by atoms with Gasteiger partial charge in [-0.2, -0.15) is 0 Å². The van der Waals surface area contributed by atoms with Crippen molar-refractivity contribution in [1.82, 2.24) is 5.32 Å². The quantitative estimate of drug-likeness (QED) is 0.624. The second-order valence-corrected chi connectivity index (χ2v) is 5.42. The minimum absolute atomic E-state index is 0.0758. The lowest BCUT2D eigenvalue weighted by Crippen LogP contribution is -2.27. The highest BCUT2D eigenvalue weighted by Gasteiger charge is 2.13. The first kappa shape index (κ1) is 16.6. The van der Waals surface area contributed by atoms with Gasteiger partial charge in [-0.3, -0.25) is 0 Å². The summed E-state index contributed by atoms with van der Waals surface area (Å²) in [4.78, 5) is 1.42. The standard InChI is InChI=1S/C15H27NO2S/c1-4-8-13(14-9-7-12-19-14)16-11-10-15(17-5-2)18-6-3/h7,9,12-13,15-16H,4-6,8,10-11H2,1-3H3. The number of ether oxygens (including phenoxy) is 2. The van der Waals surface area contributed by atoms with Crippen molar-refractivity contribution in [2.24, 2.45) is 0 Å². The molecule has 0 aliphatic heterocycles. The van der Waals surface area contributed by atoms with Gasteiger partial charge in [-0.15, -0.1) is 11.3 Å². The van der Waals surface area contributed by atoms with Crippen LogP contribution in [0.2, 0.25) is 0 Å². The highest BCUT2D eigenvalue weighted by atomic mass is 32.1. The molecular weight excluding hydrogens is 258 g/mol. The summed E-state index contributed by atoms with van der Waals surface area (Å²) in [6, 6.07) is 4.79. The maximum Gasteiger partial charge on any atom is 0.158 e. The Hall–Kier alpha value is -0.420. The lowest BCUT2D eigenvalue weighted by atomic mass is 10.1. The fraction of sp³-hybridized carbons (Fsp3) is 0.733. The van der Waals surface area contributed by atoms with E-state index in [1.165, 1.54) is 17.7 Å². The van der Waals surface area contributed by atoms with Gasteiger partial charge in [0.25, 0.3) is 0 Å². The monoisotopic (exact) mass is 285 g/mol. The average Bonchev–Trinajstić information content (AvgIpc) is 2.92. The van der Waals surface area contributed by atoms with Crippen molar-refractivity contribution in [3.05, 3.63) is 22.4 Å². The second kappa shape index (κ2) is 10.4. The van der Waals surface area contributed by atoms with Crippen molar-refractivity contribution in [3.8, 4) is 0 Å². The van der Waals surface area contributed by atoms with Gasteiger partial charge in [0.1, 0.15) is 0 Å². The minimum atomic E-state index is -0.0758. The van der Waals surface area contributed by atoms with Crippen LogP contribution in [0.4, 0.5) is 0 Å². The fourth-order valence-electron chi connectivity index (χ4n) is 2.09. The van der Waals surface area contributed by atoms with Crippen LogP contribution in [0.5, 0.6) is 0 Å². The molecule has 1 unspecified atom stereocenters. The van der Waals surface area contributed by atoms with E-state index in [0.29, 0.717) is 19.3 Å². The van der Waals surface area contributed by atoms with Crippen molar-refractivity contribution in [2.75, 3.05) is 19.8 Å². The minimum Gasteiger partial charge on any atom is -0.353 e. The summed E-state index contributed by atoms with van der Waals surface area (Å²) in [6.45, 7) is 8.57. The fourth-order valence-corrected chi connectivity index (χ4v) is 2.92. The zero-order chi connectivity index (χ0) is 13.9. The van der Waals surface area contributed by atoms with Crippen LogP contribution in [0.25, 0.3) is 0 Å². The number of nitrogens with one attached hydrogen (secondary N) is 1. The highest BCUT2D eigenvalue weighted by Crippen LogP contribution is 2.23. The van der Waals surface area contributed by atoms with Crippen molar-refractivity contribution in [1.29, 1.82) is 0 Å². The molecule has 4 heteroatoms. The van der Waals surface area contributed by atoms with Crippen LogP contribution in [-0.4, -0.2) is 26.0 Å². The third-order valence-electron chi connectivity index (χ3n) is 2.94. The molecule has 3 nitrogen and oxygen atoms in total. The van der Waals surface area contributed by atoms with Crippen molar-refractivity contribution >= 4 is 11.3 Å². The van der Waals surface area contributed by atoms with Gasteiger partial charge in [-0.25, -0.2) is 0 Å². The first-order valence-corrected chi connectivity index (χ1v) is 8.19. The van der Waals surface area contributed by atoms with E-state index in [0.717, 1.165) is 13.0 Å². The van der Waals surface area contributed by atoms with E-state index in [1.54, 1.807) is 0 Å².